The maximum atomic E-state index is 12.1. The minimum absolute atomic E-state index is 0.144. The van der Waals surface area contributed by atoms with Gasteiger partial charge in [0.25, 0.3) is 17.4 Å². The van der Waals surface area contributed by atoms with Crippen LogP contribution >= 0.6 is 0 Å². The molecule has 0 radical (unpaired) electrons. The molecule has 0 unspecified atom stereocenters. The average molecular weight is 292 g/mol. The van der Waals surface area contributed by atoms with Gasteiger partial charge in [-0.2, -0.15) is 5.10 Å². The highest BCUT2D eigenvalue weighted by Crippen LogP contribution is 2.20. The molecule has 0 aliphatic carbocycles. The lowest BCUT2D eigenvalue weighted by Gasteiger charge is -2.41. The van der Waals surface area contributed by atoms with Gasteiger partial charge in [0.1, 0.15) is 5.69 Å². The van der Waals surface area contributed by atoms with Crippen LogP contribution in [0.5, 0.6) is 0 Å². The van der Waals surface area contributed by atoms with E-state index < -0.39 is 12.0 Å². The highest BCUT2D eigenvalue weighted by atomic mass is 16.6. The van der Waals surface area contributed by atoms with Crippen molar-refractivity contribution in [2.24, 2.45) is 7.05 Å². The number of cyclic esters (lactones) is 1. The molecule has 2 aliphatic heterocycles. The number of hydrogen-bond acceptors (Lipinski definition) is 6. The number of aromatic nitrogens is 2. The number of aryl methyl sites for hydroxylation is 1. The Hall–Kier alpha value is -2.71. The second kappa shape index (κ2) is 4.69. The Bertz CT molecular complexity index is 675. The standard InChI is InChI=1S/C12H12N4O5/c1-14-9(17)3-2-8(13-14)11(19)15-4-7(5-15)16-10(18)6-21-12(16)20/h2-3,7H,4-6H2,1H3. The molecule has 1 aromatic heterocycles. The Morgan fingerprint density at radius 3 is 2.57 bits per heavy atom. The zero-order valence-corrected chi connectivity index (χ0v) is 11.2. The van der Waals surface area contributed by atoms with Crippen LogP contribution in [0.3, 0.4) is 0 Å². The fourth-order valence-electron chi connectivity index (χ4n) is 2.28. The van der Waals surface area contributed by atoms with Crippen molar-refractivity contribution in [3.8, 4) is 0 Å². The molecule has 2 aliphatic rings. The third-order valence-electron chi connectivity index (χ3n) is 3.48. The first kappa shape index (κ1) is 13.3. The van der Waals surface area contributed by atoms with Crippen LogP contribution in [-0.4, -0.2) is 63.2 Å². The summed E-state index contributed by atoms with van der Waals surface area (Å²) in [5.41, 5.74) is -0.163. The van der Waals surface area contributed by atoms with E-state index >= 15 is 0 Å². The van der Waals surface area contributed by atoms with Gasteiger partial charge in [-0.05, 0) is 6.07 Å². The Morgan fingerprint density at radius 2 is 2.00 bits per heavy atom. The molecule has 3 amide bonds. The Morgan fingerprint density at radius 1 is 1.29 bits per heavy atom. The SMILES string of the molecule is Cn1nc(C(=O)N2CC(N3C(=O)COC3=O)C2)ccc1=O. The number of amides is 3. The summed E-state index contributed by atoms with van der Waals surface area (Å²) in [5.74, 6) is -0.737. The first-order chi connectivity index (χ1) is 9.97. The largest absolute Gasteiger partial charge is 0.439 e. The number of ether oxygens (including phenoxy) is 1. The molecule has 3 heterocycles. The van der Waals surface area contributed by atoms with Gasteiger partial charge in [-0.1, -0.05) is 0 Å². The highest BCUT2D eigenvalue weighted by molar-refractivity contribution is 5.99. The molecule has 0 N–H and O–H groups in total. The van der Waals surface area contributed by atoms with Crippen molar-refractivity contribution in [2.75, 3.05) is 19.7 Å². The Kier molecular flexibility index (Phi) is 2.96. The first-order valence-electron chi connectivity index (χ1n) is 6.30. The van der Waals surface area contributed by atoms with E-state index in [0.29, 0.717) is 0 Å². The third-order valence-corrected chi connectivity index (χ3v) is 3.48. The minimum Gasteiger partial charge on any atom is -0.439 e. The van der Waals surface area contributed by atoms with Crippen molar-refractivity contribution >= 4 is 17.9 Å². The third kappa shape index (κ3) is 2.16. The van der Waals surface area contributed by atoms with Crippen molar-refractivity contribution in [2.45, 2.75) is 6.04 Å². The molecule has 3 rings (SSSR count). The van der Waals surface area contributed by atoms with Gasteiger partial charge in [-0.3, -0.25) is 14.4 Å². The molecule has 9 nitrogen and oxygen atoms in total. The van der Waals surface area contributed by atoms with E-state index in [1.165, 1.54) is 24.1 Å². The van der Waals surface area contributed by atoms with Gasteiger partial charge in [-0.15, -0.1) is 0 Å². The molecule has 0 atom stereocenters. The van der Waals surface area contributed by atoms with E-state index in [1.54, 1.807) is 0 Å². The van der Waals surface area contributed by atoms with Crippen LogP contribution in [0.25, 0.3) is 0 Å². The molecule has 21 heavy (non-hydrogen) atoms. The van der Waals surface area contributed by atoms with Crippen LogP contribution in [-0.2, 0) is 16.6 Å². The molecule has 1 aromatic rings. The van der Waals surface area contributed by atoms with E-state index in [2.05, 4.69) is 9.84 Å². The number of carbonyl (C=O) groups is 3. The number of hydrogen-bond donors (Lipinski definition) is 0. The average Bonchev–Trinajstić information content (AvgIpc) is 2.72. The van der Waals surface area contributed by atoms with Crippen LogP contribution in [0, 0.1) is 0 Å². The maximum absolute atomic E-state index is 12.1. The van der Waals surface area contributed by atoms with Gasteiger partial charge in [0.15, 0.2) is 6.61 Å². The topological polar surface area (TPSA) is 102 Å². The van der Waals surface area contributed by atoms with Gasteiger partial charge in [-0.25, -0.2) is 14.4 Å². The molecular weight excluding hydrogens is 280 g/mol. The van der Waals surface area contributed by atoms with Crippen molar-refractivity contribution in [1.29, 1.82) is 0 Å². The minimum atomic E-state index is -0.669. The predicted octanol–water partition coefficient (Wildman–Crippen LogP) is -1.42. The molecule has 0 spiro atoms. The summed E-state index contributed by atoms with van der Waals surface area (Å²) in [7, 11) is 1.46. The number of nitrogens with zero attached hydrogens (tertiary/aromatic N) is 4. The second-order valence-electron chi connectivity index (χ2n) is 4.86. The Labute approximate surface area is 118 Å². The summed E-state index contributed by atoms with van der Waals surface area (Å²) in [5, 5.41) is 3.87. The van der Waals surface area contributed by atoms with Crippen molar-refractivity contribution < 1.29 is 19.1 Å². The molecule has 0 bridgehead atoms. The summed E-state index contributed by atoms with van der Waals surface area (Å²) < 4.78 is 5.70. The second-order valence-corrected chi connectivity index (χ2v) is 4.86. The maximum Gasteiger partial charge on any atom is 0.417 e. The molecule has 2 fully saturated rings. The number of rotatable bonds is 2. The monoisotopic (exact) mass is 292 g/mol. The van der Waals surface area contributed by atoms with Gasteiger partial charge < -0.3 is 9.64 Å². The summed E-state index contributed by atoms with van der Waals surface area (Å²) >= 11 is 0. The van der Waals surface area contributed by atoms with Crippen LogP contribution in [0.15, 0.2) is 16.9 Å². The van der Waals surface area contributed by atoms with Crippen LogP contribution in [0.4, 0.5) is 4.79 Å². The molecule has 0 aromatic carbocycles. The van der Waals surface area contributed by atoms with Crippen LogP contribution < -0.4 is 5.56 Å². The number of likely N-dealkylation sites (tertiary alicyclic amines) is 1. The molecule has 0 saturated carbocycles. The highest BCUT2D eigenvalue weighted by Gasteiger charge is 2.44. The summed E-state index contributed by atoms with van der Waals surface area (Å²) in [4.78, 5) is 48.7. The van der Waals surface area contributed by atoms with Crippen LogP contribution in [0.1, 0.15) is 10.5 Å². The number of carbonyl (C=O) groups excluding carboxylic acids is 3. The van der Waals surface area contributed by atoms with E-state index in [9.17, 15) is 19.2 Å². The van der Waals surface area contributed by atoms with Gasteiger partial charge in [0, 0.05) is 26.2 Å². The fraction of sp³-hybridized carbons (Fsp3) is 0.417. The van der Waals surface area contributed by atoms with Gasteiger partial charge in [0.2, 0.25) is 0 Å². The molecular formula is C12H12N4O5. The van der Waals surface area contributed by atoms with E-state index in [1.807, 2.05) is 0 Å². The smallest absolute Gasteiger partial charge is 0.417 e. The zero-order valence-electron chi connectivity index (χ0n) is 11.2. The predicted molar refractivity (Wildman–Crippen MR) is 67.4 cm³/mol. The molecule has 110 valence electrons. The van der Waals surface area contributed by atoms with Crippen molar-refractivity contribution in [1.82, 2.24) is 19.6 Å². The van der Waals surface area contributed by atoms with Crippen molar-refractivity contribution in [3.05, 3.63) is 28.2 Å². The fourth-order valence-corrected chi connectivity index (χ4v) is 2.28. The summed E-state index contributed by atoms with van der Waals surface area (Å²) in [6.45, 7) is 0.236. The Balaban J connectivity index is 1.67. The lowest BCUT2D eigenvalue weighted by atomic mass is 10.1. The van der Waals surface area contributed by atoms with E-state index in [0.717, 1.165) is 9.58 Å². The summed E-state index contributed by atoms with van der Waals surface area (Å²) in [6.07, 6.45) is -0.669. The lowest BCUT2D eigenvalue weighted by molar-refractivity contribution is -0.129. The van der Waals surface area contributed by atoms with Crippen LogP contribution in [0.2, 0.25) is 0 Å². The quantitative estimate of drug-likeness (QED) is 0.663. The first-order valence-corrected chi connectivity index (χ1v) is 6.30. The summed E-state index contributed by atoms with van der Waals surface area (Å²) in [6, 6.07) is 2.26. The zero-order chi connectivity index (χ0) is 15.1. The number of imide groups is 1. The van der Waals surface area contributed by atoms with Crippen molar-refractivity contribution in [3.63, 3.8) is 0 Å². The lowest BCUT2D eigenvalue weighted by Crippen LogP contribution is -2.62. The van der Waals surface area contributed by atoms with Gasteiger partial charge >= 0.3 is 6.09 Å². The van der Waals surface area contributed by atoms with E-state index in [-0.39, 0.29) is 42.9 Å². The van der Waals surface area contributed by atoms with Gasteiger partial charge in [0.05, 0.1) is 6.04 Å². The molecule has 9 heteroatoms. The molecule has 2 saturated heterocycles. The van der Waals surface area contributed by atoms with E-state index in [4.69, 9.17) is 0 Å². The normalized spacial score (nSPS) is 18.7.